The molecule has 0 saturated carbocycles. The van der Waals surface area contributed by atoms with E-state index in [9.17, 15) is 0 Å². The maximum Gasteiger partial charge on any atom is 0.135 e. The highest BCUT2D eigenvalue weighted by Crippen LogP contribution is 2.06. The molecule has 1 rings (SSSR count). The van der Waals surface area contributed by atoms with E-state index < -0.39 is 0 Å². The SMILES string of the molecule is C=C(O)c1nccnc1C. The van der Waals surface area contributed by atoms with Crippen molar-refractivity contribution in [3.63, 3.8) is 0 Å². The van der Waals surface area contributed by atoms with Gasteiger partial charge in [0.2, 0.25) is 0 Å². The highest BCUT2D eigenvalue weighted by atomic mass is 16.3. The van der Waals surface area contributed by atoms with E-state index in [1.807, 2.05) is 0 Å². The number of aromatic nitrogens is 2. The van der Waals surface area contributed by atoms with E-state index in [2.05, 4.69) is 16.5 Å². The molecular formula is C7H8N2O. The molecule has 1 N–H and O–H groups in total. The number of aryl methyl sites for hydroxylation is 1. The molecule has 0 bridgehead atoms. The predicted molar refractivity (Wildman–Crippen MR) is 38.4 cm³/mol. The number of aliphatic hydroxyl groups is 1. The zero-order valence-electron chi connectivity index (χ0n) is 5.70. The van der Waals surface area contributed by atoms with Gasteiger partial charge in [0.05, 0.1) is 5.69 Å². The van der Waals surface area contributed by atoms with Crippen molar-refractivity contribution in [3.8, 4) is 0 Å². The molecule has 3 heteroatoms. The molecule has 0 aliphatic rings. The van der Waals surface area contributed by atoms with E-state index >= 15 is 0 Å². The first-order chi connectivity index (χ1) is 4.72. The summed E-state index contributed by atoms with van der Waals surface area (Å²) in [7, 11) is 0. The number of nitrogens with zero attached hydrogens (tertiary/aromatic N) is 2. The van der Waals surface area contributed by atoms with Crippen LogP contribution in [0, 0.1) is 6.92 Å². The van der Waals surface area contributed by atoms with E-state index in [1.54, 1.807) is 13.1 Å². The fraction of sp³-hybridized carbons (Fsp3) is 0.143. The van der Waals surface area contributed by atoms with Crippen molar-refractivity contribution in [1.29, 1.82) is 0 Å². The zero-order valence-corrected chi connectivity index (χ0v) is 5.70. The van der Waals surface area contributed by atoms with Crippen molar-refractivity contribution in [2.24, 2.45) is 0 Å². The van der Waals surface area contributed by atoms with Crippen LogP contribution in [-0.2, 0) is 0 Å². The van der Waals surface area contributed by atoms with Gasteiger partial charge in [-0.1, -0.05) is 6.58 Å². The normalized spacial score (nSPS) is 9.30. The van der Waals surface area contributed by atoms with Crippen LogP contribution in [0.4, 0.5) is 0 Å². The van der Waals surface area contributed by atoms with E-state index in [0.717, 1.165) is 0 Å². The largest absolute Gasteiger partial charge is 0.506 e. The fourth-order valence-electron chi connectivity index (χ4n) is 0.691. The molecule has 1 heterocycles. The standard InChI is InChI=1S/C7H8N2O/c1-5-7(6(2)10)9-4-3-8-5/h3-4,10H,2H2,1H3. The lowest BCUT2D eigenvalue weighted by molar-refractivity contribution is 0.509. The monoisotopic (exact) mass is 136 g/mol. The molecule has 0 atom stereocenters. The Balaban J connectivity index is 3.15. The molecule has 0 spiro atoms. The van der Waals surface area contributed by atoms with Crippen molar-refractivity contribution in [2.45, 2.75) is 6.92 Å². The van der Waals surface area contributed by atoms with Gasteiger partial charge in [-0.2, -0.15) is 0 Å². The van der Waals surface area contributed by atoms with Crippen LogP contribution >= 0.6 is 0 Å². The summed E-state index contributed by atoms with van der Waals surface area (Å²) in [4.78, 5) is 7.78. The van der Waals surface area contributed by atoms with Gasteiger partial charge in [-0.25, -0.2) is 4.98 Å². The van der Waals surface area contributed by atoms with Crippen LogP contribution in [0.2, 0.25) is 0 Å². The summed E-state index contributed by atoms with van der Waals surface area (Å²) in [5.74, 6) is -0.0365. The molecule has 10 heavy (non-hydrogen) atoms. The van der Waals surface area contributed by atoms with Crippen LogP contribution < -0.4 is 0 Å². The number of rotatable bonds is 1. The lowest BCUT2D eigenvalue weighted by Crippen LogP contribution is -1.93. The Morgan fingerprint density at radius 3 is 2.50 bits per heavy atom. The highest BCUT2D eigenvalue weighted by Gasteiger charge is 2.00. The van der Waals surface area contributed by atoms with Crippen molar-refractivity contribution < 1.29 is 5.11 Å². The van der Waals surface area contributed by atoms with Crippen LogP contribution in [0.5, 0.6) is 0 Å². The van der Waals surface area contributed by atoms with E-state index in [4.69, 9.17) is 5.11 Å². The van der Waals surface area contributed by atoms with Crippen LogP contribution in [-0.4, -0.2) is 15.1 Å². The molecule has 0 aliphatic heterocycles. The maximum absolute atomic E-state index is 8.91. The average Bonchev–Trinajstić information content (AvgIpc) is 1.88. The topological polar surface area (TPSA) is 46.0 Å². The van der Waals surface area contributed by atoms with Crippen LogP contribution in [0.3, 0.4) is 0 Å². The van der Waals surface area contributed by atoms with Gasteiger partial charge >= 0.3 is 0 Å². The highest BCUT2D eigenvalue weighted by molar-refractivity contribution is 5.53. The molecule has 0 saturated heterocycles. The van der Waals surface area contributed by atoms with Gasteiger partial charge < -0.3 is 5.11 Å². The van der Waals surface area contributed by atoms with Gasteiger partial charge in [0.15, 0.2) is 0 Å². The second-order valence-corrected chi connectivity index (χ2v) is 1.94. The zero-order chi connectivity index (χ0) is 7.56. The number of hydrogen-bond donors (Lipinski definition) is 1. The van der Waals surface area contributed by atoms with Crippen molar-refractivity contribution in [1.82, 2.24) is 9.97 Å². The fourth-order valence-corrected chi connectivity index (χ4v) is 0.691. The molecule has 3 nitrogen and oxygen atoms in total. The first-order valence-electron chi connectivity index (χ1n) is 2.87. The number of hydrogen-bond acceptors (Lipinski definition) is 3. The second kappa shape index (κ2) is 2.47. The predicted octanol–water partition coefficient (Wildman–Crippen LogP) is 1.31. The summed E-state index contributed by atoms with van der Waals surface area (Å²) >= 11 is 0. The summed E-state index contributed by atoms with van der Waals surface area (Å²) in [6, 6.07) is 0. The lowest BCUT2D eigenvalue weighted by Gasteiger charge is -1.98. The first kappa shape index (κ1) is 6.74. The Labute approximate surface area is 59.1 Å². The van der Waals surface area contributed by atoms with Gasteiger partial charge in [0, 0.05) is 12.4 Å². The third-order valence-corrected chi connectivity index (χ3v) is 1.15. The smallest absolute Gasteiger partial charge is 0.135 e. The summed E-state index contributed by atoms with van der Waals surface area (Å²) in [5, 5.41) is 8.91. The Bertz CT molecular complexity index is 258. The molecular weight excluding hydrogens is 128 g/mol. The Hall–Kier alpha value is -1.38. The molecule has 52 valence electrons. The van der Waals surface area contributed by atoms with Gasteiger partial charge in [-0.3, -0.25) is 4.98 Å². The van der Waals surface area contributed by atoms with Gasteiger partial charge in [0.1, 0.15) is 11.5 Å². The first-order valence-corrected chi connectivity index (χ1v) is 2.87. The summed E-state index contributed by atoms with van der Waals surface area (Å²) in [6.07, 6.45) is 3.09. The molecule has 0 fully saturated rings. The quantitative estimate of drug-likeness (QED) is 0.592. The summed E-state index contributed by atoms with van der Waals surface area (Å²) in [6.45, 7) is 5.11. The van der Waals surface area contributed by atoms with Crippen molar-refractivity contribution in [2.75, 3.05) is 0 Å². The third kappa shape index (κ3) is 1.13. The Kier molecular flexibility index (Phi) is 1.67. The molecule has 0 radical (unpaired) electrons. The Morgan fingerprint density at radius 2 is 2.10 bits per heavy atom. The lowest BCUT2D eigenvalue weighted by atomic mass is 10.3. The summed E-state index contributed by atoms with van der Waals surface area (Å²) < 4.78 is 0. The third-order valence-electron chi connectivity index (χ3n) is 1.15. The van der Waals surface area contributed by atoms with E-state index in [1.165, 1.54) is 6.20 Å². The minimum atomic E-state index is -0.0365. The van der Waals surface area contributed by atoms with Crippen molar-refractivity contribution >= 4 is 5.76 Å². The molecule has 1 aromatic rings. The molecule has 0 unspecified atom stereocenters. The number of aliphatic hydroxyl groups excluding tert-OH is 1. The average molecular weight is 136 g/mol. The van der Waals surface area contributed by atoms with Gasteiger partial charge in [-0.05, 0) is 6.92 Å². The summed E-state index contributed by atoms with van der Waals surface area (Å²) in [5.41, 5.74) is 1.15. The van der Waals surface area contributed by atoms with E-state index in [0.29, 0.717) is 11.4 Å². The molecule has 0 aliphatic carbocycles. The molecule has 0 aromatic carbocycles. The maximum atomic E-state index is 8.91. The van der Waals surface area contributed by atoms with E-state index in [-0.39, 0.29) is 5.76 Å². The van der Waals surface area contributed by atoms with Crippen LogP contribution in [0.25, 0.3) is 5.76 Å². The molecule has 1 aromatic heterocycles. The molecule has 0 amide bonds. The van der Waals surface area contributed by atoms with Crippen LogP contribution in [0.1, 0.15) is 11.4 Å². The minimum absolute atomic E-state index is 0.0365. The van der Waals surface area contributed by atoms with Gasteiger partial charge in [0.25, 0.3) is 0 Å². The van der Waals surface area contributed by atoms with Crippen molar-refractivity contribution in [3.05, 3.63) is 30.4 Å². The second-order valence-electron chi connectivity index (χ2n) is 1.94. The Morgan fingerprint density at radius 1 is 1.50 bits per heavy atom. The minimum Gasteiger partial charge on any atom is -0.506 e. The van der Waals surface area contributed by atoms with Gasteiger partial charge in [-0.15, -0.1) is 0 Å². The van der Waals surface area contributed by atoms with Crippen LogP contribution in [0.15, 0.2) is 19.0 Å².